The lowest BCUT2D eigenvalue weighted by atomic mass is 10.0. The molecule has 118 valence electrons. The van der Waals surface area contributed by atoms with Crippen LogP contribution in [0, 0.1) is 0 Å². The molecule has 1 atom stereocenters. The SMILES string of the molecule is CN1C(=O)c2ccc(C(=O)N3CCC[C@@H](N)C3)cc2C1=O.Cl. The zero-order chi connectivity index (χ0) is 15.1. The Hall–Kier alpha value is -1.92. The number of halogens is 1. The van der Waals surface area contributed by atoms with Crippen LogP contribution in [0.15, 0.2) is 18.2 Å². The van der Waals surface area contributed by atoms with Gasteiger partial charge in [0.25, 0.3) is 17.7 Å². The number of fused-ring (bicyclic) bond motifs is 1. The third kappa shape index (κ3) is 2.60. The molecule has 1 aromatic carbocycles. The molecule has 2 N–H and O–H groups in total. The second kappa shape index (κ2) is 6.06. The average Bonchev–Trinajstić information content (AvgIpc) is 2.71. The number of imide groups is 1. The maximum Gasteiger partial charge on any atom is 0.261 e. The van der Waals surface area contributed by atoms with E-state index in [4.69, 9.17) is 5.73 Å². The fraction of sp³-hybridized carbons (Fsp3) is 0.400. The van der Waals surface area contributed by atoms with Gasteiger partial charge in [-0.05, 0) is 31.0 Å². The van der Waals surface area contributed by atoms with Gasteiger partial charge in [0.05, 0.1) is 11.1 Å². The van der Waals surface area contributed by atoms with Crippen molar-refractivity contribution in [2.45, 2.75) is 18.9 Å². The Morgan fingerprint density at radius 1 is 1.23 bits per heavy atom. The molecule has 22 heavy (non-hydrogen) atoms. The van der Waals surface area contributed by atoms with E-state index in [1.165, 1.54) is 13.1 Å². The van der Waals surface area contributed by atoms with E-state index in [1.54, 1.807) is 17.0 Å². The van der Waals surface area contributed by atoms with E-state index >= 15 is 0 Å². The van der Waals surface area contributed by atoms with Gasteiger partial charge in [-0.2, -0.15) is 0 Å². The predicted molar refractivity (Wildman–Crippen MR) is 83.2 cm³/mol. The first-order valence-electron chi connectivity index (χ1n) is 7.00. The van der Waals surface area contributed by atoms with Gasteiger partial charge in [0.15, 0.2) is 0 Å². The zero-order valence-electron chi connectivity index (χ0n) is 12.2. The molecule has 0 aromatic heterocycles. The summed E-state index contributed by atoms with van der Waals surface area (Å²) in [5, 5.41) is 0. The number of benzene rings is 1. The van der Waals surface area contributed by atoms with Crippen molar-refractivity contribution < 1.29 is 14.4 Å². The number of carbonyl (C=O) groups is 3. The lowest BCUT2D eigenvalue weighted by Crippen LogP contribution is -2.45. The van der Waals surface area contributed by atoms with Gasteiger partial charge in [-0.15, -0.1) is 12.4 Å². The maximum absolute atomic E-state index is 12.5. The molecule has 1 saturated heterocycles. The fourth-order valence-electron chi connectivity index (χ4n) is 2.87. The van der Waals surface area contributed by atoms with Crippen LogP contribution in [0.5, 0.6) is 0 Å². The third-order valence-corrected chi connectivity index (χ3v) is 4.08. The smallest absolute Gasteiger partial charge is 0.261 e. The van der Waals surface area contributed by atoms with Gasteiger partial charge in [0, 0.05) is 31.7 Å². The second-order valence-corrected chi connectivity index (χ2v) is 5.58. The van der Waals surface area contributed by atoms with Crippen molar-refractivity contribution in [3.63, 3.8) is 0 Å². The molecule has 1 aromatic rings. The molecule has 3 amide bonds. The molecular weight excluding hydrogens is 306 g/mol. The number of rotatable bonds is 1. The van der Waals surface area contributed by atoms with Gasteiger partial charge < -0.3 is 10.6 Å². The van der Waals surface area contributed by atoms with Crippen LogP contribution in [0.2, 0.25) is 0 Å². The van der Waals surface area contributed by atoms with E-state index in [2.05, 4.69) is 0 Å². The Morgan fingerprint density at radius 2 is 1.91 bits per heavy atom. The quantitative estimate of drug-likeness (QED) is 0.778. The van der Waals surface area contributed by atoms with Gasteiger partial charge in [0.1, 0.15) is 0 Å². The van der Waals surface area contributed by atoms with Gasteiger partial charge in [0.2, 0.25) is 0 Å². The molecule has 6 nitrogen and oxygen atoms in total. The van der Waals surface area contributed by atoms with Gasteiger partial charge in [-0.3, -0.25) is 19.3 Å². The highest BCUT2D eigenvalue weighted by atomic mass is 35.5. The van der Waals surface area contributed by atoms with Crippen molar-refractivity contribution >= 4 is 30.1 Å². The van der Waals surface area contributed by atoms with E-state index < -0.39 is 0 Å². The molecule has 0 radical (unpaired) electrons. The molecular formula is C15H18ClN3O3. The van der Waals surface area contributed by atoms with Gasteiger partial charge in [-0.1, -0.05) is 0 Å². The monoisotopic (exact) mass is 323 g/mol. The zero-order valence-corrected chi connectivity index (χ0v) is 13.1. The first-order valence-corrected chi connectivity index (χ1v) is 7.00. The van der Waals surface area contributed by atoms with Gasteiger partial charge in [-0.25, -0.2) is 0 Å². The van der Waals surface area contributed by atoms with E-state index in [1.807, 2.05) is 0 Å². The second-order valence-electron chi connectivity index (χ2n) is 5.58. The average molecular weight is 324 g/mol. The Labute approximate surface area is 134 Å². The van der Waals surface area contributed by atoms with Crippen LogP contribution in [-0.2, 0) is 0 Å². The Morgan fingerprint density at radius 3 is 2.59 bits per heavy atom. The Kier molecular flexibility index (Phi) is 4.53. The van der Waals surface area contributed by atoms with Crippen LogP contribution in [0.4, 0.5) is 0 Å². The molecule has 0 unspecified atom stereocenters. The van der Waals surface area contributed by atoms with E-state index in [0.29, 0.717) is 29.8 Å². The molecule has 2 aliphatic rings. The summed E-state index contributed by atoms with van der Waals surface area (Å²) in [5.74, 6) is -0.822. The molecule has 7 heteroatoms. The van der Waals surface area contributed by atoms with Crippen molar-refractivity contribution in [1.82, 2.24) is 9.80 Å². The number of carbonyl (C=O) groups excluding carboxylic acids is 3. The highest BCUT2D eigenvalue weighted by Gasteiger charge is 2.33. The Bertz CT molecular complexity index is 647. The topological polar surface area (TPSA) is 83.7 Å². The minimum atomic E-state index is -0.361. The summed E-state index contributed by atoms with van der Waals surface area (Å²) in [4.78, 5) is 39.0. The first kappa shape index (κ1) is 16.5. The normalized spacial score (nSPS) is 20.7. The summed E-state index contributed by atoms with van der Waals surface area (Å²) < 4.78 is 0. The molecule has 0 aliphatic carbocycles. The molecule has 1 fully saturated rings. The summed E-state index contributed by atoms with van der Waals surface area (Å²) >= 11 is 0. The number of nitrogens with two attached hydrogens (primary N) is 1. The van der Waals surface area contributed by atoms with E-state index in [0.717, 1.165) is 17.7 Å². The van der Waals surface area contributed by atoms with Crippen molar-refractivity contribution in [3.05, 3.63) is 34.9 Å². The fourth-order valence-corrected chi connectivity index (χ4v) is 2.87. The molecule has 3 rings (SSSR count). The number of piperidine rings is 1. The largest absolute Gasteiger partial charge is 0.337 e. The number of amides is 3. The Balaban J connectivity index is 0.00000176. The number of likely N-dealkylation sites (tertiary alicyclic amines) is 1. The highest BCUT2D eigenvalue weighted by Crippen LogP contribution is 2.23. The van der Waals surface area contributed by atoms with Crippen LogP contribution in [0.25, 0.3) is 0 Å². The minimum Gasteiger partial charge on any atom is -0.337 e. The van der Waals surface area contributed by atoms with Crippen LogP contribution < -0.4 is 5.73 Å². The summed E-state index contributed by atoms with van der Waals surface area (Å²) in [7, 11) is 1.44. The minimum absolute atomic E-state index is 0. The van der Waals surface area contributed by atoms with Crippen molar-refractivity contribution in [2.75, 3.05) is 20.1 Å². The van der Waals surface area contributed by atoms with Crippen LogP contribution in [0.3, 0.4) is 0 Å². The number of nitrogens with zero attached hydrogens (tertiary/aromatic N) is 2. The highest BCUT2D eigenvalue weighted by molar-refractivity contribution is 6.21. The maximum atomic E-state index is 12.5. The van der Waals surface area contributed by atoms with Gasteiger partial charge >= 0.3 is 0 Å². The summed E-state index contributed by atoms with van der Waals surface area (Å²) in [5.41, 5.74) is 6.98. The lowest BCUT2D eigenvalue weighted by Gasteiger charge is -2.30. The number of hydrogen-bond donors (Lipinski definition) is 1. The summed E-state index contributed by atoms with van der Waals surface area (Å²) in [6.45, 7) is 1.21. The first-order chi connectivity index (χ1) is 9.99. The molecule has 0 bridgehead atoms. The van der Waals surface area contributed by atoms with E-state index in [9.17, 15) is 14.4 Å². The van der Waals surface area contributed by atoms with Crippen LogP contribution in [0.1, 0.15) is 43.9 Å². The molecule has 0 saturated carbocycles. The van der Waals surface area contributed by atoms with Crippen LogP contribution in [-0.4, -0.2) is 53.7 Å². The van der Waals surface area contributed by atoms with Crippen molar-refractivity contribution in [1.29, 1.82) is 0 Å². The third-order valence-electron chi connectivity index (χ3n) is 4.08. The standard InChI is InChI=1S/C15H17N3O3.ClH/c1-17-14(20)11-5-4-9(7-12(11)15(17)21)13(19)18-6-2-3-10(16)8-18;/h4-5,7,10H,2-3,6,8,16H2,1H3;1H/t10-;/m1./s1. The van der Waals surface area contributed by atoms with Crippen molar-refractivity contribution in [3.8, 4) is 0 Å². The summed E-state index contributed by atoms with van der Waals surface area (Å²) in [6, 6.07) is 4.68. The van der Waals surface area contributed by atoms with E-state index in [-0.39, 0.29) is 36.2 Å². The molecule has 2 aliphatic heterocycles. The molecule has 0 spiro atoms. The molecule has 2 heterocycles. The number of hydrogen-bond acceptors (Lipinski definition) is 4. The summed E-state index contributed by atoms with van der Waals surface area (Å²) in [6.07, 6.45) is 1.81. The lowest BCUT2D eigenvalue weighted by molar-refractivity contribution is 0.0690. The predicted octanol–water partition coefficient (Wildman–Crippen LogP) is 0.897. The van der Waals surface area contributed by atoms with Crippen LogP contribution >= 0.6 is 12.4 Å². The van der Waals surface area contributed by atoms with Crippen molar-refractivity contribution in [2.24, 2.45) is 5.73 Å².